The summed E-state index contributed by atoms with van der Waals surface area (Å²) in [6.45, 7) is 2.53. The van der Waals surface area contributed by atoms with Crippen LogP contribution in [0.5, 0.6) is 0 Å². The molecule has 0 atom stereocenters. The molecule has 0 bridgehead atoms. The topological polar surface area (TPSA) is 98.3 Å². The van der Waals surface area contributed by atoms with Crippen molar-refractivity contribution >= 4 is 11.6 Å². The maximum atomic E-state index is 11.7. The lowest BCUT2D eigenvalue weighted by Gasteiger charge is -2.07. The molecule has 0 aliphatic carbocycles. The van der Waals surface area contributed by atoms with Crippen LogP contribution in [-0.2, 0) is 0 Å². The van der Waals surface area contributed by atoms with Gasteiger partial charge in [0, 0.05) is 23.7 Å². The van der Waals surface area contributed by atoms with Crippen LogP contribution < -0.4 is 11.1 Å². The molecule has 1 amide bonds. The van der Waals surface area contributed by atoms with E-state index in [1.54, 1.807) is 13.0 Å². The largest absolute Gasteiger partial charge is 0.352 e. The average molecular weight is 237 g/mol. The predicted octanol–water partition coefficient (Wildman–Crippen LogP) is 0.982. The van der Waals surface area contributed by atoms with Crippen molar-refractivity contribution in [3.8, 4) is 0 Å². The first kappa shape index (κ1) is 13.1. The van der Waals surface area contributed by atoms with Crippen molar-refractivity contribution in [3.63, 3.8) is 0 Å². The lowest BCUT2D eigenvalue weighted by molar-refractivity contribution is -0.385. The van der Waals surface area contributed by atoms with Crippen LogP contribution in [0, 0.1) is 17.0 Å². The standard InChI is InChI=1S/C11H15N3O3/c1-8-9(11(15)13-7-3-6-12)4-2-5-10(8)14(16)17/h2,4-5H,3,6-7,12H2,1H3,(H,13,15). The maximum Gasteiger partial charge on any atom is 0.273 e. The number of rotatable bonds is 5. The molecule has 0 unspecified atom stereocenters. The minimum atomic E-state index is -0.494. The Balaban J connectivity index is 2.87. The van der Waals surface area contributed by atoms with Gasteiger partial charge in [-0.1, -0.05) is 6.07 Å². The number of nitro benzene ring substituents is 1. The Hall–Kier alpha value is -1.95. The quantitative estimate of drug-likeness (QED) is 0.453. The summed E-state index contributed by atoms with van der Waals surface area (Å²) in [5.74, 6) is -0.306. The van der Waals surface area contributed by atoms with E-state index in [1.165, 1.54) is 12.1 Å². The normalized spacial score (nSPS) is 10.0. The van der Waals surface area contributed by atoms with Crippen LogP contribution in [0.25, 0.3) is 0 Å². The zero-order valence-corrected chi connectivity index (χ0v) is 9.60. The summed E-state index contributed by atoms with van der Waals surface area (Å²) in [4.78, 5) is 22.0. The highest BCUT2D eigenvalue weighted by atomic mass is 16.6. The van der Waals surface area contributed by atoms with Crippen LogP contribution in [0.15, 0.2) is 18.2 Å². The van der Waals surface area contributed by atoms with Gasteiger partial charge in [0.05, 0.1) is 4.92 Å². The lowest BCUT2D eigenvalue weighted by atomic mass is 10.1. The molecule has 0 saturated heterocycles. The maximum absolute atomic E-state index is 11.7. The lowest BCUT2D eigenvalue weighted by Crippen LogP contribution is -2.26. The minimum absolute atomic E-state index is 0.0449. The van der Waals surface area contributed by atoms with Crippen LogP contribution in [0.1, 0.15) is 22.3 Å². The Morgan fingerprint density at radius 3 is 2.82 bits per heavy atom. The van der Waals surface area contributed by atoms with Gasteiger partial charge in [0.15, 0.2) is 0 Å². The second-order valence-electron chi connectivity index (χ2n) is 3.60. The Kier molecular flexibility index (Phi) is 4.59. The Labute approximate surface area is 99.0 Å². The minimum Gasteiger partial charge on any atom is -0.352 e. The fourth-order valence-electron chi connectivity index (χ4n) is 1.47. The summed E-state index contributed by atoms with van der Waals surface area (Å²) in [6.07, 6.45) is 0.680. The van der Waals surface area contributed by atoms with E-state index in [0.717, 1.165) is 0 Å². The zero-order chi connectivity index (χ0) is 12.8. The third-order valence-corrected chi connectivity index (χ3v) is 2.41. The van der Waals surface area contributed by atoms with Gasteiger partial charge in [0.25, 0.3) is 11.6 Å². The molecule has 3 N–H and O–H groups in total. The third kappa shape index (κ3) is 3.25. The van der Waals surface area contributed by atoms with Gasteiger partial charge in [-0.05, 0) is 26.0 Å². The first-order valence-electron chi connectivity index (χ1n) is 5.30. The Morgan fingerprint density at radius 2 is 2.24 bits per heavy atom. The van der Waals surface area contributed by atoms with Gasteiger partial charge in [-0.25, -0.2) is 0 Å². The van der Waals surface area contributed by atoms with Crippen molar-refractivity contribution in [2.45, 2.75) is 13.3 Å². The van der Waals surface area contributed by atoms with Crippen LogP contribution in [-0.4, -0.2) is 23.9 Å². The molecule has 17 heavy (non-hydrogen) atoms. The molecule has 0 saturated carbocycles. The van der Waals surface area contributed by atoms with Crippen LogP contribution in [0.3, 0.4) is 0 Å². The highest BCUT2D eigenvalue weighted by molar-refractivity contribution is 5.96. The molecule has 0 spiro atoms. The van der Waals surface area contributed by atoms with Crippen molar-refractivity contribution in [1.82, 2.24) is 5.32 Å². The number of hydrogen-bond donors (Lipinski definition) is 2. The summed E-state index contributed by atoms with van der Waals surface area (Å²) in [7, 11) is 0. The number of nitrogens with one attached hydrogen (secondary N) is 1. The third-order valence-electron chi connectivity index (χ3n) is 2.41. The van der Waals surface area contributed by atoms with E-state index in [1.807, 2.05) is 0 Å². The van der Waals surface area contributed by atoms with E-state index in [2.05, 4.69) is 5.32 Å². The monoisotopic (exact) mass is 237 g/mol. The SMILES string of the molecule is Cc1c(C(=O)NCCCN)cccc1[N+](=O)[O-]. The average Bonchev–Trinajstić information content (AvgIpc) is 2.29. The number of amides is 1. The van der Waals surface area contributed by atoms with Gasteiger partial charge < -0.3 is 11.1 Å². The molecule has 1 aromatic rings. The van der Waals surface area contributed by atoms with Gasteiger partial charge in [0.2, 0.25) is 0 Å². The number of benzene rings is 1. The van der Waals surface area contributed by atoms with E-state index in [4.69, 9.17) is 5.73 Å². The van der Waals surface area contributed by atoms with Gasteiger partial charge >= 0.3 is 0 Å². The number of hydrogen-bond acceptors (Lipinski definition) is 4. The molecular weight excluding hydrogens is 222 g/mol. The van der Waals surface area contributed by atoms with Crippen molar-refractivity contribution in [2.75, 3.05) is 13.1 Å². The number of nitro groups is 1. The molecule has 6 nitrogen and oxygen atoms in total. The van der Waals surface area contributed by atoms with Crippen LogP contribution >= 0.6 is 0 Å². The van der Waals surface area contributed by atoms with E-state index in [0.29, 0.717) is 30.6 Å². The number of carbonyl (C=O) groups excluding carboxylic acids is 1. The van der Waals surface area contributed by atoms with E-state index >= 15 is 0 Å². The number of nitrogens with two attached hydrogens (primary N) is 1. The smallest absolute Gasteiger partial charge is 0.273 e. The van der Waals surface area contributed by atoms with Gasteiger partial charge in [-0.15, -0.1) is 0 Å². The molecule has 0 aromatic heterocycles. The summed E-state index contributed by atoms with van der Waals surface area (Å²) < 4.78 is 0. The van der Waals surface area contributed by atoms with Crippen LogP contribution in [0.2, 0.25) is 0 Å². The molecule has 0 fully saturated rings. The Morgan fingerprint density at radius 1 is 1.53 bits per heavy atom. The summed E-state index contributed by atoms with van der Waals surface area (Å²) in [5, 5.41) is 13.4. The summed E-state index contributed by atoms with van der Waals surface area (Å²) >= 11 is 0. The first-order chi connectivity index (χ1) is 8.07. The molecule has 6 heteroatoms. The second-order valence-corrected chi connectivity index (χ2v) is 3.60. The summed E-state index contributed by atoms with van der Waals surface area (Å²) in [6, 6.07) is 4.45. The van der Waals surface area contributed by atoms with Gasteiger partial charge in [-0.3, -0.25) is 14.9 Å². The highest BCUT2D eigenvalue weighted by Crippen LogP contribution is 2.20. The molecule has 1 aromatic carbocycles. The van der Waals surface area contributed by atoms with Crippen molar-refractivity contribution in [2.24, 2.45) is 5.73 Å². The molecule has 0 aliphatic rings. The summed E-state index contributed by atoms with van der Waals surface area (Å²) in [5.41, 5.74) is 5.97. The molecule has 92 valence electrons. The van der Waals surface area contributed by atoms with Gasteiger partial charge in [-0.2, -0.15) is 0 Å². The van der Waals surface area contributed by atoms with E-state index in [-0.39, 0.29) is 11.6 Å². The fourth-order valence-corrected chi connectivity index (χ4v) is 1.47. The number of nitrogens with zero attached hydrogens (tertiary/aromatic N) is 1. The molecule has 0 aliphatic heterocycles. The zero-order valence-electron chi connectivity index (χ0n) is 9.60. The van der Waals surface area contributed by atoms with Crippen molar-refractivity contribution in [1.29, 1.82) is 0 Å². The molecule has 0 heterocycles. The van der Waals surface area contributed by atoms with Gasteiger partial charge in [0.1, 0.15) is 0 Å². The van der Waals surface area contributed by atoms with E-state index in [9.17, 15) is 14.9 Å². The highest BCUT2D eigenvalue weighted by Gasteiger charge is 2.17. The molecule has 0 radical (unpaired) electrons. The van der Waals surface area contributed by atoms with Crippen LogP contribution in [0.4, 0.5) is 5.69 Å². The van der Waals surface area contributed by atoms with E-state index < -0.39 is 4.92 Å². The van der Waals surface area contributed by atoms with Crippen molar-refractivity contribution < 1.29 is 9.72 Å². The van der Waals surface area contributed by atoms with Crippen molar-refractivity contribution in [3.05, 3.63) is 39.4 Å². The first-order valence-corrected chi connectivity index (χ1v) is 5.30. The molecule has 1 rings (SSSR count). The predicted molar refractivity (Wildman–Crippen MR) is 63.8 cm³/mol. The number of carbonyl (C=O) groups is 1. The Bertz CT molecular complexity index is 432. The fraction of sp³-hybridized carbons (Fsp3) is 0.364. The second kappa shape index (κ2) is 5.95. The molecular formula is C11H15N3O3.